The van der Waals surface area contributed by atoms with E-state index in [0.717, 1.165) is 11.8 Å². The minimum Gasteiger partial charge on any atom is -0.465 e. The third-order valence-electron chi connectivity index (χ3n) is 4.77. The number of benzene rings is 2. The molecule has 0 bridgehead atoms. The number of allylic oxidation sites excluding steroid dienone is 1. The predicted molar refractivity (Wildman–Crippen MR) is 123 cm³/mol. The molecular formula is C23H19ClFN3O4S. The molecule has 10 heteroatoms. The third-order valence-corrected chi connectivity index (χ3v) is 6.02. The zero-order chi connectivity index (χ0) is 24.0. The van der Waals surface area contributed by atoms with Crippen LogP contribution in [0.4, 0.5) is 10.1 Å². The zero-order valence-corrected chi connectivity index (χ0v) is 19.0. The Morgan fingerprint density at radius 2 is 2.03 bits per heavy atom. The highest BCUT2D eigenvalue weighted by Crippen LogP contribution is 2.41. The van der Waals surface area contributed by atoms with Crippen molar-refractivity contribution in [1.29, 1.82) is 5.26 Å². The van der Waals surface area contributed by atoms with Crippen molar-refractivity contribution < 1.29 is 23.5 Å². The van der Waals surface area contributed by atoms with Gasteiger partial charge in [0.15, 0.2) is 0 Å². The first-order chi connectivity index (χ1) is 15.8. The van der Waals surface area contributed by atoms with Gasteiger partial charge in [-0.05, 0) is 36.8 Å². The van der Waals surface area contributed by atoms with Gasteiger partial charge >= 0.3 is 5.97 Å². The van der Waals surface area contributed by atoms with Crippen LogP contribution in [-0.2, 0) is 19.1 Å². The van der Waals surface area contributed by atoms with Crippen LogP contribution in [0, 0.1) is 23.1 Å². The molecule has 0 fully saturated rings. The van der Waals surface area contributed by atoms with Gasteiger partial charge < -0.3 is 15.4 Å². The number of hydrogen-bond donors (Lipinski definition) is 2. The summed E-state index contributed by atoms with van der Waals surface area (Å²) in [5.41, 5.74) is 0.476. The number of carbonyl (C=O) groups is 3. The van der Waals surface area contributed by atoms with Crippen LogP contribution in [0.25, 0.3) is 0 Å². The highest BCUT2D eigenvalue weighted by atomic mass is 35.5. The summed E-state index contributed by atoms with van der Waals surface area (Å²) < 4.78 is 19.7. The molecule has 3 rings (SSSR count). The van der Waals surface area contributed by atoms with Gasteiger partial charge in [0.25, 0.3) is 0 Å². The number of anilines is 1. The first-order valence-electron chi connectivity index (χ1n) is 9.90. The Hall–Kier alpha value is -3.35. The highest BCUT2D eigenvalue weighted by Gasteiger charge is 2.45. The molecule has 33 heavy (non-hydrogen) atoms. The van der Waals surface area contributed by atoms with E-state index in [1.807, 2.05) is 6.07 Å². The van der Waals surface area contributed by atoms with Crippen molar-refractivity contribution in [2.75, 3.05) is 17.7 Å². The van der Waals surface area contributed by atoms with Gasteiger partial charge in [-0.2, -0.15) is 5.26 Å². The quantitative estimate of drug-likeness (QED) is 0.451. The largest absolute Gasteiger partial charge is 0.465 e. The van der Waals surface area contributed by atoms with E-state index < -0.39 is 35.4 Å². The van der Waals surface area contributed by atoms with Crippen molar-refractivity contribution in [1.82, 2.24) is 5.32 Å². The SMILES string of the molecule is CCOC(=O)[C@@H]1C(=O)NC(SCC(=O)Nc2cccc(Cl)c2)=C(C#N)[C@H]1c1ccccc1F. The lowest BCUT2D eigenvalue weighted by atomic mass is 9.78. The summed E-state index contributed by atoms with van der Waals surface area (Å²) in [4.78, 5) is 37.8. The number of ether oxygens (including phenoxy) is 1. The lowest BCUT2D eigenvalue weighted by Crippen LogP contribution is -2.44. The van der Waals surface area contributed by atoms with Crippen LogP contribution < -0.4 is 10.6 Å². The first kappa shape index (κ1) is 24.3. The van der Waals surface area contributed by atoms with Gasteiger partial charge in [0.05, 0.1) is 29.0 Å². The molecule has 1 aliphatic rings. The number of halogens is 2. The van der Waals surface area contributed by atoms with Gasteiger partial charge in [0, 0.05) is 16.6 Å². The number of rotatable bonds is 7. The van der Waals surface area contributed by atoms with Crippen LogP contribution >= 0.6 is 23.4 Å². The molecule has 0 saturated carbocycles. The summed E-state index contributed by atoms with van der Waals surface area (Å²) in [6.45, 7) is 1.60. The average molecular weight is 488 g/mol. The van der Waals surface area contributed by atoms with Gasteiger partial charge in [0.1, 0.15) is 11.7 Å². The van der Waals surface area contributed by atoms with Gasteiger partial charge in [-0.25, -0.2) is 4.39 Å². The summed E-state index contributed by atoms with van der Waals surface area (Å²) >= 11 is 6.82. The van der Waals surface area contributed by atoms with Crippen molar-refractivity contribution in [2.24, 2.45) is 5.92 Å². The summed E-state index contributed by atoms with van der Waals surface area (Å²) in [7, 11) is 0. The Morgan fingerprint density at radius 1 is 1.27 bits per heavy atom. The van der Waals surface area contributed by atoms with E-state index in [1.54, 1.807) is 37.3 Å². The minimum absolute atomic E-state index is 0.0171. The normalized spacial score (nSPS) is 17.7. The van der Waals surface area contributed by atoms with Crippen molar-refractivity contribution >= 4 is 46.8 Å². The fraction of sp³-hybridized carbons (Fsp3) is 0.217. The molecule has 0 aromatic heterocycles. The number of amides is 2. The van der Waals surface area contributed by atoms with E-state index in [1.165, 1.54) is 18.2 Å². The minimum atomic E-state index is -1.44. The van der Waals surface area contributed by atoms with Crippen LogP contribution in [-0.4, -0.2) is 30.1 Å². The van der Waals surface area contributed by atoms with Crippen LogP contribution in [0.2, 0.25) is 5.02 Å². The molecule has 7 nitrogen and oxygen atoms in total. The number of carbonyl (C=O) groups excluding carboxylic acids is 3. The van der Waals surface area contributed by atoms with Crippen LogP contribution in [0.15, 0.2) is 59.1 Å². The second-order valence-corrected chi connectivity index (χ2v) is 8.34. The molecule has 2 aromatic carbocycles. The lowest BCUT2D eigenvalue weighted by molar-refractivity contribution is -0.152. The van der Waals surface area contributed by atoms with E-state index in [4.69, 9.17) is 16.3 Å². The maximum absolute atomic E-state index is 14.7. The molecule has 1 aliphatic heterocycles. The second-order valence-electron chi connectivity index (χ2n) is 6.92. The molecule has 0 spiro atoms. The standard InChI is InChI=1S/C23H19ClFN3O4S/c1-2-32-23(31)20-19(15-8-3-4-9-17(15)25)16(11-26)22(28-21(20)30)33-12-18(29)27-14-7-5-6-13(24)10-14/h3-10,19-20H,2,12H2,1H3,(H,27,29)(H,28,30)/t19-,20+/m1/s1. The van der Waals surface area contributed by atoms with E-state index in [9.17, 15) is 24.0 Å². The Bertz CT molecular complexity index is 1160. The fourth-order valence-corrected chi connectivity index (χ4v) is 4.43. The monoisotopic (exact) mass is 487 g/mol. The molecule has 2 N–H and O–H groups in total. The number of nitrogens with one attached hydrogen (secondary N) is 2. The molecule has 2 aromatic rings. The lowest BCUT2D eigenvalue weighted by Gasteiger charge is -2.31. The van der Waals surface area contributed by atoms with Crippen LogP contribution in [0.1, 0.15) is 18.4 Å². The second kappa shape index (κ2) is 11.0. The number of esters is 1. The number of hydrogen-bond acceptors (Lipinski definition) is 6. The molecule has 0 saturated heterocycles. The Balaban J connectivity index is 1.91. The highest BCUT2D eigenvalue weighted by molar-refractivity contribution is 8.03. The molecule has 0 radical (unpaired) electrons. The molecular weight excluding hydrogens is 469 g/mol. The van der Waals surface area contributed by atoms with Gasteiger partial charge in [0.2, 0.25) is 11.8 Å². The summed E-state index contributed by atoms with van der Waals surface area (Å²) in [5, 5.41) is 15.6. The summed E-state index contributed by atoms with van der Waals surface area (Å²) in [5.74, 6) is -5.46. The van der Waals surface area contributed by atoms with Crippen LogP contribution in [0.5, 0.6) is 0 Å². The summed E-state index contributed by atoms with van der Waals surface area (Å²) in [6, 6.07) is 14.2. The van der Waals surface area contributed by atoms with Crippen LogP contribution in [0.3, 0.4) is 0 Å². The molecule has 1 heterocycles. The fourth-order valence-electron chi connectivity index (χ4n) is 3.39. The van der Waals surface area contributed by atoms with E-state index in [2.05, 4.69) is 10.6 Å². The van der Waals surface area contributed by atoms with E-state index in [0.29, 0.717) is 10.7 Å². The molecule has 0 unspecified atom stereocenters. The van der Waals surface area contributed by atoms with E-state index >= 15 is 0 Å². The zero-order valence-electron chi connectivity index (χ0n) is 17.4. The topological polar surface area (TPSA) is 108 Å². The van der Waals surface area contributed by atoms with E-state index in [-0.39, 0.29) is 28.5 Å². The van der Waals surface area contributed by atoms with Crippen molar-refractivity contribution in [2.45, 2.75) is 12.8 Å². The predicted octanol–water partition coefficient (Wildman–Crippen LogP) is 3.98. The Kier molecular flexibility index (Phi) is 8.09. The van der Waals surface area contributed by atoms with Crippen molar-refractivity contribution in [3.05, 3.63) is 75.5 Å². The van der Waals surface area contributed by atoms with Gasteiger partial charge in [-0.3, -0.25) is 14.4 Å². The summed E-state index contributed by atoms with van der Waals surface area (Å²) in [6.07, 6.45) is 0. The Morgan fingerprint density at radius 3 is 2.70 bits per heavy atom. The van der Waals surface area contributed by atoms with Crippen molar-refractivity contribution in [3.8, 4) is 6.07 Å². The molecule has 0 aliphatic carbocycles. The molecule has 2 amide bonds. The maximum Gasteiger partial charge on any atom is 0.319 e. The molecule has 170 valence electrons. The first-order valence-corrected chi connectivity index (χ1v) is 11.3. The number of nitriles is 1. The number of nitrogens with zero attached hydrogens (tertiary/aromatic N) is 1. The van der Waals surface area contributed by atoms with Gasteiger partial charge in [-0.15, -0.1) is 0 Å². The average Bonchev–Trinajstić information content (AvgIpc) is 2.77. The smallest absolute Gasteiger partial charge is 0.319 e. The number of thioether (sulfide) groups is 1. The maximum atomic E-state index is 14.7. The molecule has 2 atom stereocenters. The van der Waals surface area contributed by atoms with Gasteiger partial charge in [-0.1, -0.05) is 47.6 Å². The Labute approximate surface area is 198 Å². The third kappa shape index (κ3) is 5.72. The van der Waals surface area contributed by atoms with Crippen molar-refractivity contribution in [3.63, 3.8) is 0 Å².